The Hall–Kier alpha value is -3.07. The van der Waals surface area contributed by atoms with E-state index in [4.69, 9.17) is 24.3 Å². The Kier molecular flexibility index (Phi) is 51.9. The van der Waals surface area contributed by atoms with E-state index in [0.717, 1.165) is 96.3 Å². The molecule has 2 atom stereocenters. The molecule has 0 aliphatic rings. The average Bonchev–Trinajstić information content (AvgIpc) is 3.34. The van der Waals surface area contributed by atoms with Crippen molar-refractivity contribution in [1.82, 2.24) is 0 Å². The molecule has 396 valence electrons. The van der Waals surface area contributed by atoms with Gasteiger partial charge in [0, 0.05) is 19.4 Å². The molecule has 3 N–H and O–H groups in total. The quantitative estimate of drug-likeness (QED) is 0.0264. The third kappa shape index (κ3) is 54.1. The number of nitrogens with two attached hydrogens (primary N) is 1. The van der Waals surface area contributed by atoms with Gasteiger partial charge in [0.25, 0.3) is 0 Å². The lowest BCUT2D eigenvalue weighted by atomic mass is 10.0. The average molecular weight is 984 g/mol. The minimum Gasteiger partial charge on any atom is -0.462 e. The molecule has 0 aliphatic heterocycles. The van der Waals surface area contributed by atoms with E-state index >= 15 is 0 Å². The maximum absolute atomic E-state index is 12.7. The number of hydrogen-bond donors (Lipinski definition) is 2. The van der Waals surface area contributed by atoms with Gasteiger partial charge in [-0.2, -0.15) is 0 Å². The number of esters is 2. The molecule has 0 rings (SSSR count). The molecule has 0 aromatic carbocycles. The van der Waals surface area contributed by atoms with E-state index in [1.165, 1.54) is 103 Å². The van der Waals surface area contributed by atoms with Crippen LogP contribution in [0.5, 0.6) is 0 Å². The molecule has 0 amide bonds. The Balaban J connectivity index is 4.00. The monoisotopic (exact) mass is 984 g/mol. The fraction of sp³-hybridized carbons (Fsp3) is 0.695. The summed E-state index contributed by atoms with van der Waals surface area (Å²) in [5, 5.41) is 0. The summed E-state index contributed by atoms with van der Waals surface area (Å²) in [7, 11) is -4.39. The molecule has 0 aliphatic carbocycles. The van der Waals surface area contributed by atoms with E-state index in [9.17, 15) is 19.0 Å². The minimum absolute atomic E-state index is 0.0480. The fourth-order valence-corrected chi connectivity index (χ4v) is 8.14. The van der Waals surface area contributed by atoms with Gasteiger partial charge in [-0.15, -0.1) is 0 Å². The lowest BCUT2D eigenvalue weighted by Crippen LogP contribution is -2.29. The molecule has 0 fully saturated rings. The zero-order chi connectivity index (χ0) is 50.2. The highest BCUT2D eigenvalue weighted by atomic mass is 31.2. The summed E-state index contributed by atoms with van der Waals surface area (Å²) < 4.78 is 33.0. The Morgan fingerprint density at radius 2 is 0.797 bits per heavy atom. The van der Waals surface area contributed by atoms with Crippen molar-refractivity contribution >= 4 is 19.8 Å². The van der Waals surface area contributed by atoms with Crippen LogP contribution in [0, 0.1) is 0 Å². The zero-order valence-electron chi connectivity index (χ0n) is 44.0. The Labute approximate surface area is 423 Å². The van der Waals surface area contributed by atoms with Gasteiger partial charge >= 0.3 is 19.8 Å². The van der Waals surface area contributed by atoms with E-state index in [2.05, 4.69) is 111 Å². The van der Waals surface area contributed by atoms with Crippen LogP contribution < -0.4 is 5.73 Å². The van der Waals surface area contributed by atoms with Gasteiger partial charge in [-0.05, 0) is 96.3 Å². The van der Waals surface area contributed by atoms with Crippen LogP contribution in [0.25, 0.3) is 0 Å². The molecule has 2 unspecified atom stereocenters. The molecule has 10 heteroatoms. The van der Waals surface area contributed by atoms with Crippen molar-refractivity contribution in [3.63, 3.8) is 0 Å². The summed E-state index contributed by atoms with van der Waals surface area (Å²) in [4.78, 5) is 35.1. The molecule has 0 aromatic heterocycles. The predicted octanol–water partition coefficient (Wildman–Crippen LogP) is 17.3. The van der Waals surface area contributed by atoms with E-state index in [0.29, 0.717) is 6.42 Å². The minimum atomic E-state index is -4.39. The summed E-state index contributed by atoms with van der Waals surface area (Å²) in [5.74, 6) is -0.841. The highest BCUT2D eigenvalue weighted by Gasteiger charge is 2.26. The second kappa shape index (κ2) is 54.3. The maximum atomic E-state index is 12.7. The van der Waals surface area contributed by atoms with Crippen molar-refractivity contribution in [3.05, 3.63) is 97.2 Å². The first-order chi connectivity index (χ1) is 33.8. The van der Waals surface area contributed by atoms with Gasteiger partial charge < -0.3 is 20.1 Å². The topological polar surface area (TPSA) is 134 Å². The number of carbonyl (C=O) groups is 2. The SMILES string of the molecule is CC/C=C\C/C=C\C/C=C\C/C=C\C/C=C\C/C=C\CCCCCCCCCCCCCCC(=O)OC(COC(=O)CCCCCCCCC/C=C\C/C=C\CCCCC)COP(=O)(O)OCCN. The lowest BCUT2D eigenvalue weighted by molar-refractivity contribution is -0.161. The first kappa shape index (κ1) is 65.9. The summed E-state index contributed by atoms with van der Waals surface area (Å²) in [6.07, 6.45) is 71.6. The van der Waals surface area contributed by atoms with Crippen LogP contribution in [0.3, 0.4) is 0 Å². The summed E-state index contributed by atoms with van der Waals surface area (Å²) in [6.45, 7) is 3.59. The highest BCUT2D eigenvalue weighted by Crippen LogP contribution is 2.43. The largest absolute Gasteiger partial charge is 0.472 e. The Bertz CT molecular complexity index is 1450. The Morgan fingerprint density at radius 1 is 0.449 bits per heavy atom. The third-order valence-electron chi connectivity index (χ3n) is 11.5. The number of phosphoric ester groups is 1. The smallest absolute Gasteiger partial charge is 0.462 e. The summed E-state index contributed by atoms with van der Waals surface area (Å²) >= 11 is 0. The van der Waals surface area contributed by atoms with Crippen LogP contribution >= 0.6 is 7.82 Å². The van der Waals surface area contributed by atoms with Crippen LogP contribution in [0.2, 0.25) is 0 Å². The first-order valence-electron chi connectivity index (χ1n) is 27.7. The Morgan fingerprint density at radius 3 is 1.19 bits per heavy atom. The molecule has 0 bridgehead atoms. The first-order valence-corrected chi connectivity index (χ1v) is 29.2. The number of rotatable bonds is 51. The molecule has 0 heterocycles. The van der Waals surface area contributed by atoms with Crippen molar-refractivity contribution in [1.29, 1.82) is 0 Å². The van der Waals surface area contributed by atoms with Gasteiger partial charge in [0.15, 0.2) is 6.10 Å². The van der Waals surface area contributed by atoms with E-state index in [1.54, 1.807) is 0 Å². The van der Waals surface area contributed by atoms with Crippen molar-refractivity contribution < 1.29 is 37.6 Å². The standard InChI is InChI=1S/C59H102NO8P/c1-3-5-7-9-11-13-15-17-19-21-22-23-24-25-26-27-28-29-30-31-32-33-34-36-38-40-42-44-46-48-50-52-59(62)68-57(56-67-69(63,64)66-54-53-60)55-65-58(61)51-49-47-45-43-41-39-37-35-20-18-16-14-12-10-8-6-4-2/h5,7,11-14,17-20,22-23,25-26,28-29,57H,3-4,6,8-10,15-16,21,24,27,30-56,60H2,1-2H3,(H,63,64)/b7-5-,13-11-,14-12-,19-17-,20-18-,23-22-,26-25-,29-28-. The normalized spacial score (nSPS) is 13.9. The van der Waals surface area contributed by atoms with Crippen molar-refractivity contribution in [2.75, 3.05) is 26.4 Å². The van der Waals surface area contributed by atoms with Crippen LogP contribution in [0.15, 0.2) is 97.2 Å². The molecule has 0 saturated carbocycles. The number of carbonyl (C=O) groups excluding carboxylic acids is 2. The lowest BCUT2D eigenvalue weighted by Gasteiger charge is -2.19. The summed E-state index contributed by atoms with van der Waals surface area (Å²) in [5.41, 5.74) is 5.37. The second-order valence-corrected chi connectivity index (χ2v) is 19.5. The van der Waals surface area contributed by atoms with Crippen LogP contribution in [-0.4, -0.2) is 49.3 Å². The number of hydrogen-bond acceptors (Lipinski definition) is 8. The molecule has 0 spiro atoms. The molecule has 0 saturated heterocycles. The molecule has 69 heavy (non-hydrogen) atoms. The van der Waals surface area contributed by atoms with Crippen molar-refractivity contribution in [2.24, 2.45) is 5.73 Å². The van der Waals surface area contributed by atoms with Gasteiger partial charge in [0.1, 0.15) is 6.61 Å². The van der Waals surface area contributed by atoms with Crippen LogP contribution in [0.4, 0.5) is 0 Å². The van der Waals surface area contributed by atoms with Crippen LogP contribution in [0.1, 0.15) is 232 Å². The van der Waals surface area contributed by atoms with E-state index < -0.39 is 32.5 Å². The van der Waals surface area contributed by atoms with E-state index in [1.807, 2.05) is 0 Å². The van der Waals surface area contributed by atoms with Gasteiger partial charge in [-0.3, -0.25) is 18.6 Å². The van der Waals surface area contributed by atoms with Crippen molar-refractivity contribution in [3.8, 4) is 0 Å². The predicted molar refractivity (Wildman–Crippen MR) is 293 cm³/mol. The number of phosphoric acid groups is 1. The highest BCUT2D eigenvalue weighted by molar-refractivity contribution is 7.47. The fourth-order valence-electron chi connectivity index (χ4n) is 7.37. The second-order valence-electron chi connectivity index (χ2n) is 18.1. The molecular weight excluding hydrogens is 882 g/mol. The third-order valence-corrected chi connectivity index (χ3v) is 12.4. The van der Waals surface area contributed by atoms with Gasteiger partial charge in [0.05, 0.1) is 13.2 Å². The molecule has 0 aromatic rings. The zero-order valence-corrected chi connectivity index (χ0v) is 44.9. The van der Waals surface area contributed by atoms with E-state index in [-0.39, 0.29) is 32.6 Å². The number of ether oxygens (including phenoxy) is 2. The molecular formula is C59H102NO8P. The summed E-state index contributed by atoms with van der Waals surface area (Å²) in [6, 6.07) is 0. The molecule has 0 radical (unpaired) electrons. The van der Waals surface area contributed by atoms with Gasteiger partial charge in [-0.1, -0.05) is 220 Å². The molecule has 9 nitrogen and oxygen atoms in total. The number of allylic oxidation sites excluding steroid dienone is 16. The van der Waals surface area contributed by atoms with Crippen LogP contribution in [-0.2, 0) is 32.7 Å². The van der Waals surface area contributed by atoms with Crippen molar-refractivity contribution in [2.45, 2.75) is 238 Å². The van der Waals surface area contributed by atoms with Gasteiger partial charge in [-0.25, -0.2) is 4.57 Å². The van der Waals surface area contributed by atoms with Gasteiger partial charge in [0.2, 0.25) is 0 Å². The maximum Gasteiger partial charge on any atom is 0.472 e. The number of unbranched alkanes of at least 4 members (excludes halogenated alkanes) is 22.